The molecule has 0 aliphatic carbocycles. The fourth-order valence-electron chi connectivity index (χ4n) is 1.75. The minimum absolute atomic E-state index is 0.130. The minimum Gasteiger partial charge on any atom is -0.382 e. The molecule has 0 spiro atoms. The number of hydrogen-bond donors (Lipinski definition) is 1. The summed E-state index contributed by atoms with van der Waals surface area (Å²) in [5.74, 6) is 0. The molecule has 0 heterocycles. The highest BCUT2D eigenvalue weighted by atomic mass is 16.5. The van der Waals surface area contributed by atoms with Crippen LogP contribution in [0.3, 0.4) is 0 Å². The zero-order valence-electron chi connectivity index (χ0n) is 11.0. The fourth-order valence-corrected chi connectivity index (χ4v) is 1.75. The first-order valence-corrected chi connectivity index (χ1v) is 6.16. The van der Waals surface area contributed by atoms with E-state index in [1.807, 2.05) is 13.0 Å². The van der Waals surface area contributed by atoms with Crippen LogP contribution < -0.4 is 5.32 Å². The van der Waals surface area contributed by atoms with Crippen LogP contribution in [0.25, 0.3) is 0 Å². The van der Waals surface area contributed by atoms with Crippen LogP contribution in [-0.2, 0) is 9.47 Å². The van der Waals surface area contributed by atoms with Gasteiger partial charge in [0.15, 0.2) is 0 Å². The maximum atomic E-state index is 5.76. The Labute approximate surface area is 104 Å². The van der Waals surface area contributed by atoms with Crippen LogP contribution in [0.1, 0.15) is 25.5 Å². The van der Waals surface area contributed by atoms with Crippen molar-refractivity contribution < 1.29 is 9.47 Å². The third kappa shape index (κ3) is 5.31. The fraction of sp³-hybridized carbons (Fsp3) is 0.571. The lowest BCUT2D eigenvalue weighted by molar-refractivity contribution is -0.000384. The molecule has 1 rings (SSSR count). The van der Waals surface area contributed by atoms with Crippen LogP contribution >= 0.6 is 0 Å². The summed E-state index contributed by atoms with van der Waals surface area (Å²) in [6, 6.07) is 10.6. The van der Waals surface area contributed by atoms with Crippen molar-refractivity contribution in [2.75, 3.05) is 26.9 Å². The summed E-state index contributed by atoms with van der Waals surface area (Å²) in [4.78, 5) is 0. The molecule has 1 aromatic rings. The largest absolute Gasteiger partial charge is 0.382 e. The maximum absolute atomic E-state index is 5.76. The van der Waals surface area contributed by atoms with E-state index in [0.717, 1.165) is 6.54 Å². The lowest BCUT2D eigenvalue weighted by atomic mass is 10.1. The Hall–Kier alpha value is -0.900. The van der Waals surface area contributed by atoms with Crippen molar-refractivity contribution in [3.63, 3.8) is 0 Å². The molecule has 1 N–H and O–H groups in total. The van der Waals surface area contributed by atoms with E-state index in [4.69, 9.17) is 9.47 Å². The molecule has 17 heavy (non-hydrogen) atoms. The molecule has 2 atom stereocenters. The first-order valence-electron chi connectivity index (χ1n) is 6.16. The van der Waals surface area contributed by atoms with Crippen molar-refractivity contribution in [2.45, 2.75) is 26.0 Å². The van der Waals surface area contributed by atoms with Crippen molar-refractivity contribution in [1.29, 1.82) is 0 Å². The Morgan fingerprint density at radius 3 is 2.47 bits per heavy atom. The Morgan fingerprint density at radius 2 is 1.88 bits per heavy atom. The van der Waals surface area contributed by atoms with Crippen LogP contribution in [0, 0.1) is 0 Å². The van der Waals surface area contributed by atoms with Gasteiger partial charge in [0.2, 0.25) is 0 Å². The van der Waals surface area contributed by atoms with E-state index in [9.17, 15) is 0 Å². The van der Waals surface area contributed by atoms with Crippen LogP contribution in [0.15, 0.2) is 30.3 Å². The lowest BCUT2D eigenvalue weighted by Gasteiger charge is -2.21. The second kappa shape index (κ2) is 8.23. The molecule has 0 saturated carbocycles. The van der Waals surface area contributed by atoms with E-state index >= 15 is 0 Å². The number of ether oxygens (including phenoxy) is 2. The smallest absolute Gasteiger partial charge is 0.0781 e. The van der Waals surface area contributed by atoms with Crippen LogP contribution in [0.5, 0.6) is 0 Å². The summed E-state index contributed by atoms with van der Waals surface area (Å²) >= 11 is 0. The molecule has 0 bridgehead atoms. The topological polar surface area (TPSA) is 30.5 Å². The monoisotopic (exact) mass is 237 g/mol. The summed E-state index contributed by atoms with van der Waals surface area (Å²) in [5.41, 5.74) is 1.26. The van der Waals surface area contributed by atoms with Gasteiger partial charge >= 0.3 is 0 Å². The summed E-state index contributed by atoms with van der Waals surface area (Å²) in [7, 11) is 1.69. The zero-order chi connectivity index (χ0) is 12.5. The SMILES string of the molecule is CCNC(COC(C)COC)c1ccccc1. The molecule has 0 radical (unpaired) electrons. The van der Waals surface area contributed by atoms with E-state index in [2.05, 4.69) is 36.5 Å². The van der Waals surface area contributed by atoms with E-state index in [1.54, 1.807) is 7.11 Å². The van der Waals surface area contributed by atoms with Gasteiger partial charge in [0.25, 0.3) is 0 Å². The highest BCUT2D eigenvalue weighted by Crippen LogP contribution is 2.13. The zero-order valence-corrected chi connectivity index (χ0v) is 11.0. The third-order valence-corrected chi connectivity index (χ3v) is 2.60. The first-order chi connectivity index (χ1) is 8.27. The number of likely N-dealkylation sites (N-methyl/N-ethyl adjacent to an activating group) is 1. The van der Waals surface area contributed by atoms with Crippen molar-refractivity contribution in [2.24, 2.45) is 0 Å². The van der Waals surface area contributed by atoms with Crippen molar-refractivity contribution >= 4 is 0 Å². The molecule has 1 aromatic carbocycles. The number of rotatable bonds is 8. The van der Waals surface area contributed by atoms with Gasteiger partial charge in [-0.1, -0.05) is 37.3 Å². The van der Waals surface area contributed by atoms with Gasteiger partial charge in [0.1, 0.15) is 0 Å². The van der Waals surface area contributed by atoms with Crippen LogP contribution in [-0.4, -0.2) is 33.0 Å². The Balaban J connectivity index is 2.49. The van der Waals surface area contributed by atoms with E-state index in [0.29, 0.717) is 13.2 Å². The quantitative estimate of drug-likeness (QED) is 0.753. The number of nitrogens with one attached hydrogen (secondary N) is 1. The minimum atomic E-state index is 0.130. The number of benzene rings is 1. The molecule has 3 nitrogen and oxygen atoms in total. The molecular formula is C14H23NO2. The average Bonchev–Trinajstić information content (AvgIpc) is 2.36. The van der Waals surface area contributed by atoms with E-state index < -0.39 is 0 Å². The molecule has 0 amide bonds. The molecule has 96 valence electrons. The Morgan fingerprint density at radius 1 is 1.18 bits per heavy atom. The summed E-state index contributed by atoms with van der Waals surface area (Å²) in [6.45, 7) is 6.36. The Kier molecular flexibility index (Phi) is 6.86. The number of methoxy groups -OCH3 is 1. The predicted molar refractivity (Wildman–Crippen MR) is 70.1 cm³/mol. The molecule has 0 saturated heterocycles. The summed E-state index contributed by atoms with van der Waals surface area (Å²) < 4.78 is 10.8. The van der Waals surface area contributed by atoms with Crippen LogP contribution in [0.4, 0.5) is 0 Å². The van der Waals surface area contributed by atoms with Gasteiger partial charge in [-0.05, 0) is 19.0 Å². The van der Waals surface area contributed by atoms with Crippen molar-refractivity contribution in [1.82, 2.24) is 5.32 Å². The molecule has 0 aliphatic heterocycles. The second-order valence-electron chi connectivity index (χ2n) is 4.12. The summed E-state index contributed by atoms with van der Waals surface area (Å²) in [6.07, 6.45) is 0.130. The van der Waals surface area contributed by atoms with Gasteiger partial charge in [-0.3, -0.25) is 0 Å². The van der Waals surface area contributed by atoms with Gasteiger partial charge in [-0.25, -0.2) is 0 Å². The molecule has 2 unspecified atom stereocenters. The van der Waals surface area contributed by atoms with Gasteiger partial charge in [0.05, 0.1) is 25.4 Å². The maximum Gasteiger partial charge on any atom is 0.0781 e. The molecule has 3 heteroatoms. The van der Waals surface area contributed by atoms with Crippen molar-refractivity contribution in [3.8, 4) is 0 Å². The standard InChI is InChI=1S/C14H23NO2/c1-4-15-14(11-17-12(2)10-16-3)13-8-6-5-7-9-13/h5-9,12,14-15H,4,10-11H2,1-3H3. The highest BCUT2D eigenvalue weighted by molar-refractivity contribution is 5.18. The van der Waals surface area contributed by atoms with E-state index in [1.165, 1.54) is 5.56 Å². The highest BCUT2D eigenvalue weighted by Gasteiger charge is 2.11. The molecule has 0 aliphatic rings. The summed E-state index contributed by atoms with van der Waals surface area (Å²) in [5, 5.41) is 3.43. The predicted octanol–water partition coefficient (Wildman–Crippen LogP) is 2.39. The molecule has 0 aromatic heterocycles. The van der Waals surface area contributed by atoms with Crippen molar-refractivity contribution in [3.05, 3.63) is 35.9 Å². The van der Waals surface area contributed by atoms with Crippen LogP contribution in [0.2, 0.25) is 0 Å². The molecular weight excluding hydrogens is 214 g/mol. The second-order valence-corrected chi connectivity index (χ2v) is 4.12. The normalized spacial score (nSPS) is 14.5. The van der Waals surface area contributed by atoms with Gasteiger partial charge in [0, 0.05) is 7.11 Å². The Bertz CT molecular complexity index is 290. The lowest BCUT2D eigenvalue weighted by Crippen LogP contribution is -2.28. The van der Waals surface area contributed by atoms with Gasteiger partial charge < -0.3 is 14.8 Å². The first kappa shape index (κ1) is 14.2. The van der Waals surface area contributed by atoms with E-state index in [-0.39, 0.29) is 12.1 Å². The van der Waals surface area contributed by atoms with Gasteiger partial charge in [-0.15, -0.1) is 0 Å². The number of hydrogen-bond acceptors (Lipinski definition) is 3. The average molecular weight is 237 g/mol. The third-order valence-electron chi connectivity index (χ3n) is 2.60. The molecule has 0 fully saturated rings. The van der Waals surface area contributed by atoms with Gasteiger partial charge in [-0.2, -0.15) is 0 Å².